The van der Waals surface area contributed by atoms with E-state index in [1.54, 1.807) is 0 Å². The van der Waals surface area contributed by atoms with E-state index in [-0.39, 0.29) is 6.04 Å². The van der Waals surface area contributed by atoms with Crippen molar-refractivity contribution in [3.05, 3.63) is 34.9 Å². The molecule has 8 heteroatoms. The van der Waals surface area contributed by atoms with Crippen LogP contribution in [0.3, 0.4) is 0 Å². The molecule has 1 unspecified atom stereocenters. The Morgan fingerprint density at radius 1 is 1.28 bits per heavy atom. The number of carboxylic acid groups (broad SMARTS) is 1. The lowest BCUT2D eigenvalue weighted by Gasteiger charge is -2.21. The number of nitrogens with zero attached hydrogens (tertiary/aromatic N) is 1. The number of aryl methyl sites for hydroxylation is 2. The molecular formula is C17H19F3N2O3. The van der Waals surface area contributed by atoms with E-state index in [4.69, 9.17) is 5.11 Å². The Hall–Kier alpha value is -2.25. The lowest BCUT2D eigenvalue weighted by atomic mass is 9.96. The highest BCUT2D eigenvalue weighted by Gasteiger charge is 2.53. The second-order valence-electron chi connectivity index (χ2n) is 6.74. The lowest BCUT2D eigenvalue weighted by Crippen LogP contribution is -2.40. The van der Waals surface area contributed by atoms with Crippen LogP contribution >= 0.6 is 0 Å². The zero-order chi connectivity index (χ0) is 18.4. The number of rotatable bonds is 2. The summed E-state index contributed by atoms with van der Waals surface area (Å²) in [6.07, 6.45) is -3.16. The van der Waals surface area contributed by atoms with Gasteiger partial charge in [0.1, 0.15) is 0 Å². The molecule has 2 N–H and O–H groups in total. The molecule has 3 rings (SSSR count). The van der Waals surface area contributed by atoms with Crippen LogP contribution in [0.4, 0.5) is 18.0 Å². The molecule has 2 aliphatic rings. The molecule has 0 spiro atoms. The van der Waals surface area contributed by atoms with Gasteiger partial charge in [-0.05, 0) is 30.9 Å². The van der Waals surface area contributed by atoms with Gasteiger partial charge in [-0.15, -0.1) is 0 Å². The predicted octanol–water partition coefficient (Wildman–Crippen LogP) is 2.89. The van der Waals surface area contributed by atoms with Crippen LogP contribution in [-0.4, -0.2) is 41.3 Å². The number of carbonyl (C=O) groups excluding carboxylic acids is 1. The molecule has 0 aromatic heterocycles. The molecule has 1 aliphatic carbocycles. The smallest absolute Gasteiger partial charge is 0.394 e. The van der Waals surface area contributed by atoms with Crippen molar-refractivity contribution in [3.8, 4) is 0 Å². The Labute approximate surface area is 142 Å². The van der Waals surface area contributed by atoms with Crippen molar-refractivity contribution in [2.24, 2.45) is 11.8 Å². The number of likely N-dealkylation sites (tertiary alicyclic amines) is 1. The van der Waals surface area contributed by atoms with Gasteiger partial charge in [-0.3, -0.25) is 4.79 Å². The molecule has 1 aromatic carbocycles. The second kappa shape index (κ2) is 6.24. The van der Waals surface area contributed by atoms with E-state index >= 15 is 0 Å². The molecule has 1 saturated heterocycles. The van der Waals surface area contributed by atoms with Crippen molar-refractivity contribution in [2.75, 3.05) is 13.1 Å². The largest absolute Gasteiger partial charge is 0.481 e. The third kappa shape index (κ3) is 3.43. The Morgan fingerprint density at radius 3 is 2.60 bits per heavy atom. The van der Waals surface area contributed by atoms with Crippen LogP contribution < -0.4 is 5.32 Å². The summed E-state index contributed by atoms with van der Waals surface area (Å²) in [6, 6.07) is 5.00. The van der Waals surface area contributed by atoms with Gasteiger partial charge in [-0.25, -0.2) is 4.79 Å². The van der Waals surface area contributed by atoms with Gasteiger partial charge < -0.3 is 15.3 Å². The van der Waals surface area contributed by atoms with Gasteiger partial charge in [0.15, 0.2) is 0 Å². The minimum atomic E-state index is -4.64. The number of alkyl halides is 3. The van der Waals surface area contributed by atoms with Gasteiger partial charge in [0.05, 0.1) is 17.9 Å². The maximum absolute atomic E-state index is 13.0. The van der Waals surface area contributed by atoms with Crippen LogP contribution in [0.2, 0.25) is 0 Å². The molecule has 1 aromatic rings. The van der Waals surface area contributed by atoms with E-state index in [1.807, 2.05) is 25.1 Å². The predicted molar refractivity (Wildman–Crippen MR) is 83.0 cm³/mol. The van der Waals surface area contributed by atoms with E-state index in [9.17, 15) is 22.8 Å². The molecule has 0 bridgehead atoms. The first kappa shape index (κ1) is 17.6. The van der Waals surface area contributed by atoms with Crippen molar-refractivity contribution in [3.63, 3.8) is 0 Å². The maximum Gasteiger partial charge on any atom is 0.394 e. The first-order chi connectivity index (χ1) is 11.7. The van der Waals surface area contributed by atoms with Gasteiger partial charge >= 0.3 is 18.2 Å². The number of amides is 2. The number of nitrogens with one attached hydrogen (secondary N) is 1. The number of fused-ring (bicyclic) bond motifs is 1. The Morgan fingerprint density at radius 2 is 2.00 bits per heavy atom. The fraction of sp³-hybridized carbons (Fsp3) is 0.529. The summed E-state index contributed by atoms with van der Waals surface area (Å²) in [5, 5.41) is 11.8. The molecule has 136 valence electrons. The zero-order valence-corrected chi connectivity index (χ0v) is 13.6. The van der Waals surface area contributed by atoms with Gasteiger partial charge in [0.25, 0.3) is 0 Å². The average Bonchev–Trinajstić information content (AvgIpc) is 3.11. The van der Waals surface area contributed by atoms with Crippen LogP contribution in [0, 0.1) is 18.8 Å². The second-order valence-corrected chi connectivity index (χ2v) is 6.74. The number of halogens is 3. The summed E-state index contributed by atoms with van der Waals surface area (Å²) in [7, 11) is 0. The monoisotopic (exact) mass is 356 g/mol. The molecule has 25 heavy (non-hydrogen) atoms. The third-order valence-corrected chi connectivity index (χ3v) is 5.02. The highest BCUT2D eigenvalue weighted by Crippen LogP contribution is 2.38. The minimum Gasteiger partial charge on any atom is -0.481 e. The van der Waals surface area contributed by atoms with Crippen LogP contribution in [-0.2, 0) is 11.2 Å². The van der Waals surface area contributed by atoms with Crippen molar-refractivity contribution in [1.82, 2.24) is 10.2 Å². The fourth-order valence-electron chi connectivity index (χ4n) is 3.69. The van der Waals surface area contributed by atoms with Gasteiger partial charge in [0.2, 0.25) is 0 Å². The van der Waals surface area contributed by atoms with Crippen LogP contribution in [0.1, 0.15) is 29.2 Å². The van der Waals surface area contributed by atoms with Gasteiger partial charge in [-0.1, -0.05) is 23.8 Å². The van der Waals surface area contributed by atoms with Crippen molar-refractivity contribution >= 4 is 12.0 Å². The van der Waals surface area contributed by atoms with E-state index in [2.05, 4.69) is 5.32 Å². The number of hydrogen-bond acceptors (Lipinski definition) is 2. The summed E-state index contributed by atoms with van der Waals surface area (Å²) in [5.41, 5.74) is 3.21. The Balaban J connectivity index is 1.70. The van der Waals surface area contributed by atoms with Crippen molar-refractivity contribution in [2.45, 2.75) is 32.0 Å². The highest BCUT2D eigenvalue weighted by molar-refractivity contribution is 5.78. The zero-order valence-electron chi connectivity index (χ0n) is 13.6. The average molecular weight is 356 g/mol. The summed E-state index contributed by atoms with van der Waals surface area (Å²) in [6.45, 7) is 0.915. The standard InChI is InChI=1S/C17H19F3N2O3/c1-9-2-4-11-10(6-9)3-5-14(11)21-16(25)22-7-12(15(23)24)13(8-22)17(18,19)20/h2,4,6,12-14H,3,5,7-8H2,1H3,(H,21,25)(H,23,24)/t12-,13-,14?/m1/s1. The highest BCUT2D eigenvalue weighted by atomic mass is 19.4. The quantitative estimate of drug-likeness (QED) is 0.856. The molecule has 0 saturated carbocycles. The van der Waals surface area contributed by atoms with E-state index in [1.165, 1.54) is 0 Å². The molecular weight excluding hydrogens is 337 g/mol. The third-order valence-electron chi connectivity index (χ3n) is 5.02. The minimum absolute atomic E-state index is 0.253. The van der Waals surface area contributed by atoms with E-state index in [0.717, 1.165) is 28.0 Å². The van der Waals surface area contributed by atoms with Gasteiger partial charge in [0, 0.05) is 13.1 Å². The molecule has 1 heterocycles. The number of carbonyl (C=O) groups is 2. The molecule has 1 aliphatic heterocycles. The lowest BCUT2D eigenvalue weighted by molar-refractivity contribution is -0.187. The summed E-state index contributed by atoms with van der Waals surface area (Å²) < 4.78 is 39.1. The fourth-order valence-corrected chi connectivity index (χ4v) is 3.69. The topological polar surface area (TPSA) is 69.6 Å². The molecule has 2 amide bonds. The number of carboxylic acids is 1. The summed E-state index contributed by atoms with van der Waals surface area (Å²) in [5.74, 6) is -5.18. The van der Waals surface area contributed by atoms with Crippen LogP contribution in [0.15, 0.2) is 18.2 Å². The molecule has 1 fully saturated rings. The van der Waals surface area contributed by atoms with Crippen molar-refractivity contribution in [1.29, 1.82) is 0 Å². The first-order valence-corrected chi connectivity index (χ1v) is 8.11. The van der Waals surface area contributed by atoms with Crippen LogP contribution in [0.25, 0.3) is 0 Å². The molecule has 3 atom stereocenters. The maximum atomic E-state index is 13.0. The van der Waals surface area contributed by atoms with Crippen molar-refractivity contribution < 1.29 is 27.9 Å². The Bertz CT molecular complexity index is 705. The number of benzene rings is 1. The first-order valence-electron chi connectivity index (χ1n) is 8.11. The molecule has 0 radical (unpaired) electrons. The Kier molecular flexibility index (Phi) is 4.38. The number of aliphatic carboxylic acids is 1. The molecule has 5 nitrogen and oxygen atoms in total. The van der Waals surface area contributed by atoms with E-state index in [0.29, 0.717) is 6.42 Å². The SMILES string of the molecule is Cc1ccc2c(c1)CCC2NC(=O)N1C[C@@H](C(F)(F)F)[C@H](C(=O)O)C1. The normalized spacial score (nSPS) is 25.8. The summed E-state index contributed by atoms with van der Waals surface area (Å²) in [4.78, 5) is 24.4. The van der Waals surface area contributed by atoms with Crippen LogP contribution in [0.5, 0.6) is 0 Å². The summed E-state index contributed by atoms with van der Waals surface area (Å²) >= 11 is 0. The van der Waals surface area contributed by atoms with E-state index < -0.39 is 43.1 Å². The number of urea groups is 1. The number of hydrogen-bond donors (Lipinski definition) is 2. The van der Waals surface area contributed by atoms with Gasteiger partial charge in [-0.2, -0.15) is 13.2 Å².